The lowest BCUT2D eigenvalue weighted by atomic mass is 10.2. The Morgan fingerprint density at radius 2 is 2.00 bits per heavy atom. The van der Waals surface area contributed by atoms with Crippen molar-refractivity contribution >= 4 is 17.2 Å². The van der Waals surface area contributed by atoms with Crippen molar-refractivity contribution in [3.8, 4) is 10.9 Å². The van der Waals surface area contributed by atoms with Crippen molar-refractivity contribution in [2.24, 2.45) is 0 Å². The van der Waals surface area contributed by atoms with Crippen molar-refractivity contribution in [2.45, 2.75) is 27.0 Å². The molecule has 0 unspecified atom stereocenters. The SMILES string of the molecule is Cc1cc(COc2ccn(-c3nc(C)c(C(=O)NCc4ccccc4)s3)c(=O)c2)no1. The van der Waals surface area contributed by atoms with Crippen LogP contribution in [0.25, 0.3) is 5.13 Å². The van der Waals surface area contributed by atoms with Crippen LogP contribution >= 0.6 is 11.3 Å². The number of ether oxygens (including phenoxy) is 1. The van der Waals surface area contributed by atoms with Gasteiger partial charge in [-0.1, -0.05) is 46.8 Å². The third kappa shape index (κ3) is 4.89. The van der Waals surface area contributed by atoms with Crippen molar-refractivity contribution in [3.63, 3.8) is 0 Å². The Morgan fingerprint density at radius 1 is 1.19 bits per heavy atom. The summed E-state index contributed by atoms with van der Waals surface area (Å²) in [5, 5.41) is 7.16. The van der Waals surface area contributed by atoms with Gasteiger partial charge in [0.05, 0.1) is 5.69 Å². The molecule has 9 heteroatoms. The molecule has 0 radical (unpaired) electrons. The third-order valence-corrected chi connectivity index (χ3v) is 5.60. The topological polar surface area (TPSA) is 99.2 Å². The number of benzene rings is 1. The summed E-state index contributed by atoms with van der Waals surface area (Å²) >= 11 is 1.17. The number of hydrogen-bond donors (Lipinski definition) is 1. The van der Waals surface area contributed by atoms with E-state index in [1.54, 1.807) is 32.2 Å². The lowest BCUT2D eigenvalue weighted by molar-refractivity contribution is 0.0954. The van der Waals surface area contributed by atoms with Gasteiger partial charge >= 0.3 is 0 Å². The van der Waals surface area contributed by atoms with Crippen LogP contribution in [0.5, 0.6) is 5.75 Å². The normalized spacial score (nSPS) is 10.8. The predicted octanol–water partition coefficient (Wildman–Crippen LogP) is 3.41. The molecule has 3 aromatic heterocycles. The van der Waals surface area contributed by atoms with Crippen molar-refractivity contribution in [3.05, 3.63) is 92.7 Å². The fourth-order valence-electron chi connectivity index (χ4n) is 2.91. The quantitative estimate of drug-likeness (QED) is 0.477. The molecule has 158 valence electrons. The van der Waals surface area contributed by atoms with Crippen LogP contribution in [-0.2, 0) is 13.2 Å². The number of rotatable bonds is 7. The average Bonchev–Trinajstić information content (AvgIpc) is 3.36. The summed E-state index contributed by atoms with van der Waals surface area (Å²) in [7, 11) is 0. The highest BCUT2D eigenvalue weighted by atomic mass is 32.1. The van der Waals surface area contributed by atoms with Crippen molar-refractivity contribution in [2.75, 3.05) is 0 Å². The summed E-state index contributed by atoms with van der Waals surface area (Å²) in [6.45, 7) is 4.16. The molecule has 0 aliphatic heterocycles. The molecular weight excluding hydrogens is 416 g/mol. The fourth-order valence-corrected chi connectivity index (χ4v) is 3.88. The Balaban J connectivity index is 1.45. The molecule has 0 fully saturated rings. The maximum atomic E-state index is 12.6. The minimum absolute atomic E-state index is 0.197. The maximum Gasteiger partial charge on any atom is 0.263 e. The van der Waals surface area contributed by atoms with E-state index in [-0.39, 0.29) is 18.1 Å². The van der Waals surface area contributed by atoms with E-state index >= 15 is 0 Å². The molecule has 31 heavy (non-hydrogen) atoms. The summed E-state index contributed by atoms with van der Waals surface area (Å²) in [5.74, 6) is 0.883. The predicted molar refractivity (Wildman–Crippen MR) is 116 cm³/mol. The molecule has 8 nitrogen and oxygen atoms in total. The molecule has 0 aliphatic rings. The molecule has 0 saturated heterocycles. The zero-order valence-corrected chi connectivity index (χ0v) is 17.8. The van der Waals surface area contributed by atoms with Crippen LogP contribution in [0.15, 0.2) is 64.0 Å². The van der Waals surface area contributed by atoms with E-state index in [1.165, 1.54) is 22.0 Å². The molecule has 3 heterocycles. The number of thiazole rings is 1. The van der Waals surface area contributed by atoms with Crippen LogP contribution in [0.1, 0.15) is 32.4 Å². The highest BCUT2D eigenvalue weighted by Gasteiger charge is 2.17. The fraction of sp³-hybridized carbons (Fsp3) is 0.182. The van der Waals surface area contributed by atoms with E-state index in [9.17, 15) is 9.59 Å². The van der Waals surface area contributed by atoms with E-state index in [2.05, 4.69) is 15.5 Å². The van der Waals surface area contributed by atoms with Gasteiger partial charge in [-0.25, -0.2) is 4.98 Å². The highest BCUT2D eigenvalue weighted by Crippen LogP contribution is 2.21. The van der Waals surface area contributed by atoms with Gasteiger partial charge in [0, 0.05) is 24.9 Å². The van der Waals surface area contributed by atoms with Gasteiger partial charge in [0.2, 0.25) is 0 Å². The van der Waals surface area contributed by atoms with Gasteiger partial charge in [0.15, 0.2) is 5.13 Å². The zero-order chi connectivity index (χ0) is 21.8. The lowest BCUT2D eigenvalue weighted by Crippen LogP contribution is -2.22. The first-order valence-corrected chi connectivity index (χ1v) is 10.4. The molecule has 4 rings (SSSR count). The molecule has 1 amide bonds. The van der Waals surface area contributed by atoms with Gasteiger partial charge in [-0.3, -0.25) is 14.2 Å². The largest absolute Gasteiger partial charge is 0.487 e. The number of aromatic nitrogens is 3. The molecule has 4 aromatic rings. The van der Waals surface area contributed by atoms with Crippen molar-refractivity contribution < 1.29 is 14.1 Å². The molecular formula is C22H20N4O4S. The van der Waals surface area contributed by atoms with E-state index < -0.39 is 0 Å². The number of carbonyl (C=O) groups excluding carboxylic acids is 1. The van der Waals surface area contributed by atoms with Gasteiger partial charge in [-0.15, -0.1) is 0 Å². The van der Waals surface area contributed by atoms with Crippen LogP contribution in [0, 0.1) is 13.8 Å². The summed E-state index contributed by atoms with van der Waals surface area (Å²) in [6.07, 6.45) is 1.58. The Morgan fingerprint density at radius 3 is 2.71 bits per heavy atom. The minimum Gasteiger partial charge on any atom is -0.487 e. The number of aryl methyl sites for hydroxylation is 2. The standard InChI is InChI=1S/C22H20N4O4S/c1-14-10-17(25-30-14)13-29-18-8-9-26(19(27)11-18)22-24-15(2)20(31-22)21(28)23-12-16-6-4-3-5-7-16/h3-11H,12-13H2,1-2H3,(H,23,28). The second-order valence-corrected chi connectivity index (χ2v) is 7.85. The summed E-state index contributed by atoms with van der Waals surface area (Å²) in [6, 6.07) is 14.5. The summed E-state index contributed by atoms with van der Waals surface area (Å²) in [4.78, 5) is 30.0. The second kappa shape index (κ2) is 8.97. The molecule has 0 saturated carbocycles. The van der Waals surface area contributed by atoms with Gasteiger partial charge < -0.3 is 14.6 Å². The first-order valence-electron chi connectivity index (χ1n) is 9.57. The van der Waals surface area contributed by atoms with E-state index in [0.29, 0.717) is 39.5 Å². The number of amides is 1. The minimum atomic E-state index is -0.307. The number of pyridine rings is 1. The van der Waals surface area contributed by atoms with E-state index in [4.69, 9.17) is 9.26 Å². The van der Waals surface area contributed by atoms with Crippen LogP contribution < -0.4 is 15.6 Å². The van der Waals surface area contributed by atoms with E-state index in [1.807, 2.05) is 30.3 Å². The first kappa shape index (κ1) is 20.5. The molecule has 1 N–H and O–H groups in total. The van der Waals surface area contributed by atoms with Crippen LogP contribution in [0.3, 0.4) is 0 Å². The smallest absolute Gasteiger partial charge is 0.263 e. The maximum absolute atomic E-state index is 12.6. The number of nitrogens with zero attached hydrogens (tertiary/aromatic N) is 3. The van der Waals surface area contributed by atoms with Crippen molar-refractivity contribution in [1.29, 1.82) is 0 Å². The van der Waals surface area contributed by atoms with Crippen LogP contribution in [0.4, 0.5) is 0 Å². The summed E-state index contributed by atoms with van der Waals surface area (Å²) in [5.41, 5.74) is 1.91. The van der Waals surface area contributed by atoms with Gasteiger partial charge in [0.25, 0.3) is 11.5 Å². The number of hydrogen-bond acceptors (Lipinski definition) is 7. The monoisotopic (exact) mass is 436 g/mol. The number of carbonyl (C=O) groups is 1. The Labute approximate surface area is 182 Å². The Kier molecular flexibility index (Phi) is 5.94. The summed E-state index contributed by atoms with van der Waals surface area (Å²) < 4.78 is 12.0. The second-order valence-electron chi connectivity index (χ2n) is 6.87. The molecule has 0 aliphatic carbocycles. The Bertz CT molecular complexity index is 1260. The average molecular weight is 436 g/mol. The third-order valence-electron chi connectivity index (χ3n) is 4.45. The van der Waals surface area contributed by atoms with Crippen LogP contribution in [-0.4, -0.2) is 20.6 Å². The highest BCUT2D eigenvalue weighted by molar-refractivity contribution is 7.16. The molecule has 0 atom stereocenters. The van der Waals surface area contributed by atoms with Gasteiger partial charge in [-0.05, 0) is 25.5 Å². The van der Waals surface area contributed by atoms with Gasteiger partial charge in [-0.2, -0.15) is 0 Å². The first-order chi connectivity index (χ1) is 15.0. The van der Waals surface area contributed by atoms with E-state index in [0.717, 1.165) is 5.56 Å². The zero-order valence-electron chi connectivity index (χ0n) is 17.0. The molecule has 1 aromatic carbocycles. The van der Waals surface area contributed by atoms with Crippen LogP contribution in [0.2, 0.25) is 0 Å². The molecule has 0 spiro atoms. The Hall–Kier alpha value is -3.72. The van der Waals surface area contributed by atoms with Gasteiger partial charge in [0.1, 0.15) is 28.7 Å². The lowest BCUT2D eigenvalue weighted by Gasteiger charge is -2.05. The molecule has 0 bridgehead atoms. The van der Waals surface area contributed by atoms with Crippen molar-refractivity contribution in [1.82, 2.24) is 20.0 Å². The number of nitrogens with one attached hydrogen (secondary N) is 1.